The monoisotopic (exact) mass is 262 g/mol. The van der Waals surface area contributed by atoms with Crippen LogP contribution in [0.4, 0.5) is 11.5 Å². The predicted octanol–water partition coefficient (Wildman–Crippen LogP) is 3.90. The van der Waals surface area contributed by atoms with Crippen LogP contribution in [0.2, 0.25) is 0 Å². The second-order valence-electron chi connectivity index (χ2n) is 3.34. The first-order valence-electron chi connectivity index (χ1n) is 4.70. The number of nitrogens with one attached hydrogen (secondary N) is 1. The van der Waals surface area contributed by atoms with Crippen molar-refractivity contribution in [3.8, 4) is 0 Å². The maximum atomic E-state index is 4.30. The molecule has 0 spiro atoms. The summed E-state index contributed by atoms with van der Waals surface area (Å²) in [5.41, 5.74) is 2.30. The van der Waals surface area contributed by atoms with E-state index in [1.54, 1.807) is 0 Å². The number of nitrogens with zero attached hydrogens (tertiary/aromatic N) is 1. The Morgan fingerprint density at radius 3 is 2.47 bits per heavy atom. The molecule has 1 N–H and O–H groups in total. The van der Waals surface area contributed by atoms with Gasteiger partial charge in [0.25, 0.3) is 0 Å². The highest BCUT2D eigenvalue weighted by Crippen LogP contribution is 2.16. The second-order valence-corrected chi connectivity index (χ2v) is 4.15. The zero-order valence-electron chi connectivity index (χ0n) is 8.37. The van der Waals surface area contributed by atoms with Crippen molar-refractivity contribution in [1.29, 1.82) is 0 Å². The van der Waals surface area contributed by atoms with Crippen LogP contribution in [0.1, 0.15) is 5.56 Å². The summed E-state index contributed by atoms with van der Waals surface area (Å²) in [4.78, 5) is 4.30. The molecule has 0 fully saturated rings. The summed E-state index contributed by atoms with van der Waals surface area (Å²) in [5.74, 6) is 0.841. The van der Waals surface area contributed by atoms with Crippen LogP contribution in [-0.4, -0.2) is 4.98 Å². The molecule has 1 heterocycles. The lowest BCUT2D eigenvalue weighted by molar-refractivity contribution is 1.26. The number of pyridine rings is 1. The number of benzene rings is 1. The van der Waals surface area contributed by atoms with Gasteiger partial charge in [-0.2, -0.15) is 0 Å². The molecule has 2 rings (SSSR count). The van der Waals surface area contributed by atoms with Crippen LogP contribution >= 0.6 is 15.9 Å². The lowest BCUT2D eigenvalue weighted by atomic mass is 10.2. The van der Waals surface area contributed by atoms with Crippen molar-refractivity contribution in [3.63, 3.8) is 0 Å². The number of hydrogen-bond donors (Lipinski definition) is 1. The zero-order chi connectivity index (χ0) is 10.7. The Morgan fingerprint density at radius 2 is 1.80 bits per heavy atom. The lowest BCUT2D eigenvalue weighted by Crippen LogP contribution is -1.92. The highest BCUT2D eigenvalue weighted by atomic mass is 79.9. The fourth-order valence-electron chi connectivity index (χ4n) is 1.26. The molecule has 0 aliphatic rings. The van der Waals surface area contributed by atoms with E-state index < -0.39 is 0 Å². The van der Waals surface area contributed by atoms with Gasteiger partial charge in [-0.25, -0.2) is 4.98 Å². The van der Waals surface area contributed by atoms with E-state index >= 15 is 0 Å². The molecule has 0 atom stereocenters. The molecule has 0 saturated carbocycles. The fourth-order valence-corrected chi connectivity index (χ4v) is 1.61. The Bertz CT molecular complexity index is 451. The SMILES string of the molecule is Cc1ccc(Nc2cccc(Br)n2)cc1. The van der Waals surface area contributed by atoms with Crippen molar-refractivity contribution in [2.45, 2.75) is 6.92 Å². The van der Waals surface area contributed by atoms with Gasteiger partial charge in [-0.3, -0.25) is 0 Å². The minimum Gasteiger partial charge on any atom is -0.340 e. The maximum Gasteiger partial charge on any atom is 0.131 e. The molecule has 0 bridgehead atoms. The minimum atomic E-state index is 0.833. The normalized spacial score (nSPS) is 10.0. The van der Waals surface area contributed by atoms with Gasteiger partial charge in [0, 0.05) is 5.69 Å². The summed E-state index contributed by atoms with van der Waals surface area (Å²) in [5, 5.41) is 3.23. The summed E-state index contributed by atoms with van der Waals surface area (Å²) in [6, 6.07) is 14.0. The van der Waals surface area contributed by atoms with Crippen LogP contribution in [0.15, 0.2) is 47.1 Å². The average Bonchev–Trinajstić information content (AvgIpc) is 2.22. The summed E-state index contributed by atoms with van der Waals surface area (Å²) in [6.45, 7) is 2.07. The molecule has 0 aliphatic heterocycles. The molecule has 1 aromatic heterocycles. The van der Waals surface area contributed by atoms with E-state index in [1.807, 2.05) is 30.3 Å². The summed E-state index contributed by atoms with van der Waals surface area (Å²) >= 11 is 3.34. The Kier molecular flexibility index (Phi) is 3.02. The average molecular weight is 263 g/mol. The first-order chi connectivity index (χ1) is 7.24. The van der Waals surface area contributed by atoms with Crippen LogP contribution in [0.25, 0.3) is 0 Å². The molecular weight excluding hydrogens is 252 g/mol. The van der Waals surface area contributed by atoms with E-state index in [-0.39, 0.29) is 0 Å². The van der Waals surface area contributed by atoms with Gasteiger partial charge in [0.1, 0.15) is 10.4 Å². The molecule has 0 amide bonds. The van der Waals surface area contributed by atoms with Crippen molar-refractivity contribution in [3.05, 3.63) is 52.6 Å². The smallest absolute Gasteiger partial charge is 0.131 e. The van der Waals surface area contributed by atoms with Gasteiger partial charge in [-0.1, -0.05) is 23.8 Å². The van der Waals surface area contributed by atoms with E-state index in [9.17, 15) is 0 Å². The largest absolute Gasteiger partial charge is 0.340 e. The molecule has 3 heteroatoms. The first kappa shape index (κ1) is 10.2. The Morgan fingerprint density at radius 1 is 1.07 bits per heavy atom. The van der Waals surface area contributed by atoms with Gasteiger partial charge >= 0.3 is 0 Å². The topological polar surface area (TPSA) is 24.9 Å². The Labute approximate surface area is 97.5 Å². The molecule has 1 aromatic carbocycles. The van der Waals surface area contributed by atoms with Crippen LogP contribution in [-0.2, 0) is 0 Å². The minimum absolute atomic E-state index is 0.833. The van der Waals surface area contributed by atoms with Gasteiger partial charge in [0.15, 0.2) is 0 Å². The standard InChI is InChI=1S/C12H11BrN2/c1-9-5-7-10(8-6-9)14-12-4-2-3-11(13)15-12/h2-8H,1H3,(H,14,15). The van der Waals surface area contributed by atoms with Crippen LogP contribution in [0.5, 0.6) is 0 Å². The Hall–Kier alpha value is -1.35. The molecule has 0 unspecified atom stereocenters. The predicted molar refractivity (Wildman–Crippen MR) is 66.4 cm³/mol. The number of aromatic nitrogens is 1. The molecule has 0 radical (unpaired) electrons. The third-order valence-electron chi connectivity index (χ3n) is 2.04. The fraction of sp³-hybridized carbons (Fsp3) is 0.0833. The van der Waals surface area contributed by atoms with Gasteiger partial charge in [-0.05, 0) is 47.1 Å². The quantitative estimate of drug-likeness (QED) is 0.831. The van der Waals surface area contributed by atoms with E-state index in [0.717, 1.165) is 16.1 Å². The summed E-state index contributed by atoms with van der Waals surface area (Å²) in [7, 11) is 0. The number of hydrogen-bond acceptors (Lipinski definition) is 2. The molecule has 15 heavy (non-hydrogen) atoms. The summed E-state index contributed by atoms with van der Waals surface area (Å²) < 4.78 is 0.833. The highest BCUT2D eigenvalue weighted by Gasteiger charge is 1.95. The second kappa shape index (κ2) is 4.45. The van der Waals surface area contributed by atoms with Gasteiger partial charge < -0.3 is 5.32 Å². The van der Waals surface area contributed by atoms with Crippen LogP contribution < -0.4 is 5.32 Å². The van der Waals surface area contributed by atoms with Crippen LogP contribution in [0.3, 0.4) is 0 Å². The lowest BCUT2D eigenvalue weighted by Gasteiger charge is -2.05. The number of anilines is 2. The van der Waals surface area contributed by atoms with Crippen molar-refractivity contribution in [2.24, 2.45) is 0 Å². The van der Waals surface area contributed by atoms with Crippen molar-refractivity contribution < 1.29 is 0 Å². The van der Waals surface area contributed by atoms with Crippen molar-refractivity contribution in [1.82, 2.24) is 4.98 Å². The maximum absolute atomic E-state index is 4.30. The number of rotatable bonds is 2. The molecule has 0 aliphatic carbocycles. The third-order valence-corrected chi connectivity index (χ3v) is 2.48. The number of aryl methyl sites for hydroxylation is 1. The zero-order valence-corrected chi connectivity index (χ0v) is 9.95. The Balaban J connectivity index is 2.18. The molecule has 0 saturated heterocycles. The van der Waals surface area contributed by atoms with Gasteiger partial charge in [-0.15, -0.1) is 0 Å². The molecule has 2 nitrogen and oxygen atoms in total. The van der Waals surface area contributed by atoms with E-state index in [0.29, 0.717) is 0 Å². The molecule has 76 valence electrons. The molecular formula is C12H11BrN2. The summed E-state index contributed by atoms with van der Waals surface area (Å²) in [6.07, 6.45) is 0. The van der Waals surface area contributed by atoms with E-state index in [4.69, 9.17) is 0 Å². The van der Waals surface area contributed by atoms with E-state index in [1.165, 1.54) is 5.56 Å². The molecule has 2 aromatic rings. The highest BCUT2D eigenvalue weighted by molar-refractivity contribution is 9.10. The third kappa shape index (κ3) is 2.80. The van der Waals surface area contributed by atoms with Crippen molar-refractivity contribution in [2.75, 3.05) is 5.32 Å². The van der Waals surface area contributed by atoms with Gasteiger partial charge in [0.05, 0.1) is 0 Å². The van der Waals surface area contributed by atoms with E-state index in [2.05, 4.69) is 45.3 Å². The first-order valence-corrected chi connectivity index (χ1v) is 5.49. The van der Waals surface area contributed by atoms with Gasteiger partial charge in [0.2, 0.25) is 0 Å². The number of halogens is 1. The van der Waals surface area contributed by atoms with Crippen molar-refractivity contribution >= 4 is 27.4 Å². The van der Waals surface area contributed by atoms with Crippen LogP contribution in [0, 0.1) is 6.92 Å².